The van der Waals surface area contributed by atoms with Crippen LogP contribution in [0.3, 0.4) is 0 Å². The number of aryl methyl sites for hydroxylation is 2. The summed E-state index contributed by atoms with van der Waals surface area (Å²) < 4.78 is 5.28. The first-order valence-electron chi connectivity index (χ1n) is 7.13. The zero-order valence-corrected chi connectivity index (χ0v) is 12.6. The number of ether oxygens (including phenoxy) is 1. The van der Waals surface area contributed by atoms with Crippen LogP contribution in [0.15, 0.2) is 36.4 Å². The van der Waals surface area contributed by atoms with Gasteiger partial charge in [-0.3, -0.25) is 4.79 Å². The zero-order valence-electron chi connectivity index (χ0n) is 12.6. The van der Waals surface area contributed by atoms with Crippen LogP contribution < -0.4 is 10.1 Å². The minimum Gasteiger partial charge on any atom is -0.496 e. The van der Waals surface area contributed by atoms with Gasteiger partial charge in [-0.1, -0.05) is 29.8 Å². The lowest BCUT2D eigenvalue weighted by Crippen LogP contribution is -2.14. The molecule has 3 rings (SSSR count). The predicted octanol–water partition coefficient (Wildman–Crippen LogP) is 3.59. The molecular weight excluding hydrogens is 262 g/mol. The van der Waals surface area contributed by atoms with Gasteiger partial charge in [-0.15, -0.1) is 0 Å². The molecule has 0 unspecified atom stereocenters. The number of hydrogen-bond donors (Lipinski definition) is 1. The Hall–Kier alpha value is -2.29. The fraction of sp³-hybridized carbons (Fsp3) is 0.278. The highest BCUT2D eigenvalue weighted by molar-refractivity contribution is 6.03. The summed E-state index contributed by atoms with van der Waals surface area (Å²) in [6.45, 7) is 4.08. The number of hydrogen-bond acceptors (Lipinski definition) is 2. The second-order valence-corrected chi connectivity index (χ2v) is 5.64. The maximum absolute atomic E-state index is 12.2. The smallest absolute Gasteiger partial charge is 0.232 e. The van der Waals surface area contributed by atoms with Gasteiger partial charge in [0.15, 0.2) is 0 Å². The topological polar surface area (TPSA) is 38.3 Å². The van der Waals surface area contributed by atoms with Crippen molar-refractivity contribution in [3.63, 3.8) is 0 Å². The minimum atomic E-state index is -0.104. The summed E-state index contributed by atoms with van der Waals surface area (Å²) in [5.41, 5.74) is 5.48. The summed E-state index contributed by atoms with van der Waals surface area (Å²) in [6.07, 6.45) is 0.715. The second-order valence-electron chi connectivity index (χ2n) is 5.64. The van der Waals surface area contributed by atoms with Gasteiger partial charge in [0.2, 0.25) is 5.91 Å². The van der Waals surface area contributed by atoms with Gasteiger partial charge >= 0.3 is 0 Å². The summed E-state index contributed by atoms with van der Waals surface area (Å²) in [6, 6.07) is 12.2. The molecule has 0 saturated carbocycles. The lowest BCUT2D eigenvalue weighted by molar-refractivity contribution is -0.117. The maximum Gasteiger partial charge on any atom is 0.232 e. The van der Waals surface area contributed by atoms with Crippen LogP contribution in [0.4, 0.5) is 5.69 Å². The minimum absolute atomic E-state index is 0.0871. The molecule has 2 aromatic carbocycles. The molecule has 21 heavy (non-hydrogen) atoms. The zero-order chi connectivity index (χ0) is 15.0. The number of nitrogens with one attached hydrogen (secondary N) is 1. The molecule has 2 aromatic rings. The van der Waals surface area contributed by atoms with Gasteiger partial charge < -0.3 is 10.1 Å². The first-order valence-corrected chi connectivity index (χ1v) is 7.13. The number of carbonyl (C=O) groups is 1. The Labute approximate surface area is 124 Å². The van der Waals surface area contributed by atoms with E-state index >= 15 is 0 Å². The van der Waals surface area contributed by atoms with Gasteiger partial charge in [0.05, 0.1) is 13.0 Å². The lowest BCUT2D eigenvalue weighted by atomic mass is 9.91. The van der Waals surface area contributed by atoms with Gasteiger partial charge in [-0.25, -0.2) is 0 Å². The quantitative estimate of drug-likeness (QED) is 0.933. The lowest BCUT2D eigenvalue weighted by Gasteiger charge is -2.12. The molecule has 0 saturated heterocycles. The van der Waals surface area contributed by atoms with Crippen LogP contribution in [0.25, 0.3) is 0 Å². The molecule has 0 radical (unpaired) electrons. The van der Waals surface area contributed by atoms with Crippen molar-refractivity contribution in [1.82, 2.24) is 0 Å². The third-order valence-electron chi connectivity index (χ3n) is 4.06. The highest BCUT2D eigenvalue weighted by Crippen LogP contribution is 2.35. The van der Waals surface area contributed by atoms with E-state index in [1.54, 1.807) is 7.11 Å². The molecule has 1 aliphatic rings. The number of benzene rings is 2. The Balaban J connectivity index is 1.90. The van der Waals surface area contributed by atoms with Crippen molar-refractivity contribution >= 4 is 11.6 Å². The van der Waals surface area contributed by atoms with Crippen LogP contribution >= 0.6 is 0 Å². The average Bonchev–Trinajstić information content (AvgIpc) is 2.75. The summed E-state index contributed by atoms with van der Waals surface area (Å²) >= 11 is 0. The van der Waals surface area contributed by atoms with E-state index in [0.29, 0.717) is 6.42 Å². The predicted molar refractivity (Wildman–Crippen MR) is 84.0 cm³/mol. The Morgan fingerprint density at radius 2 is 1.95 bits per heavy atom. The molecule has 108 valence electrons. The fourth-order valence-corrected chi connectivity index (χ4v) is 2.95. The summed E-state index contributed by atoms with van der Waals surface area (Å²) in [7, 11) is 1.67. The first kappa shape index (κ1) is 13.7. The molecule has 1 aliphatic heterocycles. The van der Waals surface area contributed by atoms with Gasteiger partial charge in [0, 0.05) is 5.69 Å². The third kappa shape index (κ3) is 2.51. The molecule has 1 N–H and O–H groups in total. The van der Waals surface area contributed by atoms with Crippen LogP contribution in [0.2, 0.25) is 0 Å². The molecule has 0 aromatic heterocycles. The van der Waals surface area contributed by atoms with Crippen molar-refractivity contribution in [2.45, 2.75) is 26.2 Å². The molecule has 0 fully saturated rings. The molecule has 3 nitrogen and oxygen atoms in total. The SMILES string of the molecule is COc1ccc(C[C@H]2C(=O)Nc3ccc(C)cc32)cc1C. The van der Waals surface area contributed by atoms with Gasteiger partial charge in [0.25, 0.3) is 0 Å². The second kappa shape index (κ2) is 5.24. The van der Waals surface area contributed by atoms with Crippen LogP contribution in [0.5, 0.6) is 5.75 Å². The normalized spacial score (nSPS) is 16.5. The van der Waals surface area contributed by atoms with E-state index in [-0.39, 0.29) is 11.8 Å². The van der Waals surface area contributed by atoms with Crippen molar-refractivity contribution in [1.29, 1.82) is 0 Å². The highest BCUT2D eigenvalue weighted by Gasteiger charge is 2.30. The van der Waals surface area contributed by atoms with Crippen molar-refractivity contribution in [2.75, 3.05) is 12.4 Å². The monoisotopic (exact) mass is 281 g/mol. The first-order chi connectivity index (χ1) is 10.1. The third-order valence-corrected chi connectivity index (χ3v) is 4.06. The number of methoxy groups -OCH3 is 1. The molecule has 1 amide bonds. The van der Waals surface area contributed by atoms with Crippen LogP contribution in [0, 0.1) is 13.8 Å². The number of anilines is 1. The highest BCUT2D eigenvalue weighted by atomic mass is 16.5. The Morgan fingerprint density at radius 3 is 2.67 bits per heavy atom. The van der Waals surface area contributed by atoms with E-state index in [1.807, 2.05) is 31.2 Å². The van der Waals surface area contributed by atoms with Gasteiger partial charge in [-0.05, 0) is 49.1 Å². The van der Waals surface area contributed by atoms with Crippen LogP contribution in [0.1, 0.15) is 28.2 Å². The molecule has 0 aliphatic carbocycles. The van der Waals surface area contributed by atoms with Crippen molar-refractivity contribution in [3.8, 4) is 5.75 Å². The average molecular weight is 281 g/mol. The van der Waals surface area contributed by atoms with E-state index in [0.717, 1.165) is 28.1 Å². The summed E-state index contributed by atoms with van der Waals surface area (Å²) in [5, 5.41) is 2.97. The molecule has 3 heteroatoms. The Kier molecular flexibility index (Phi) is 3.42. The van der Waals surface area contributed by atoms with E-state index in [1.165, 1.54) is 5.56 Å². The van der Waals surface area contributed by atoms with Crippen LogP contribution in [-0.2, 0) is 11.2 Å². The summed E-state index contributed by atoms with van der Waals surface area (Å²) in [5.74, 6) is 0.864. The number of rotatable bonds is 3. The van der Waals surface area contributed by atoms with Crippen LogP contribution in [-0.4, -0.2) is 13.0 Å². The van der Waals surface area contributed by atoms with E-state index in [4.69, 9.17) is 4.74 Å². The van der Waals surface area contributed by atoms with E-state index in [2.05, 4.69) is 24.4 Å². The van der Waals surface area contributed by atoms with Crippen molar-refractivity contribution in [2.24, 2.45) is 0 Å². The number of fused-ring (bicyclic) bond motifs is 1. The fourth-order valence-electron chi connectivity index (χ4n) is 2.95. The standard InChI is InChI=1S/C18H19NO2/c1-11-4-6-16-14(8-11)15(18(20)19-16)10-13-5-7-17(21-3)12(2)9-13/h4-9,15H,10H2,1-3H3,(H,19,20)/t15-/m1/s1. The van der Waals surface area contributed by atoms with E-state index in [9.17, 15) is 4.79 Å². The summed E-state index contributed by atoms with van der Waals surface area (Å²) in [4.78, 5) is 12.2. The van der Waals surface area contributed by atoms with Gasteiger partial charge in [0.1, 0.15) is 5.75 Å². The largest absolute Gasteiger partial charge is 0.496 e. The molecule has 1 atom stereocenters. The van der Waals surface area contributed by atoms with E-state index < -0.39 is 0 Å². The Bertz CT molecular complexity index is 706. The Morgan fingerprint density at radius 1 is 1.14 bits per heavy atom. The number of amides is 1. The number of carbonyl (C=O) groups excluding carboxylic acids is 1. The molecular formula is C18H19NO2. The maximum atomic E-state index is 12.2. The molecule has 0 bridgehead atoms. The van der Waals surface area contributed by atoms with Gasteiger partial charge in [-0.2, -0.15) is 0 Å². The molecule has 0 spiro atoms. The molecule has 1 heterocycles. The van der Waals surface area contributed by atoms with Crippen molar-refractivity contribution < 1.29 is 9.53 Å². The van der Waals surface area contributed by atoms with Crippen molar-refractivity contribution in [3.05, 3.63) is 58.7 Å².